The van der Waals surface area contributed by atoms with Crippen molar-refractivity contribution < 1.29 is 14.7 Å². The largest absolute Gasteiger partial charge is 0.391 e. The van der Waals surface area contributed by atoms with Crippen molar-refractivity contribution in [3.05, 3.63) is 36.2 Å². The molecule has 2 amide bonds. The van der Waals surface area contributed by atoms with Crippen molar-refractivity contribution in [2.45, 2.75) is 83.5 Å². The minimum atomic E-state index is -0.751. The van der Waals surface area contributed by atoms with Gasteiger partial charge in [0, 0.05) is 56.1 Å². The van der Waals surface area contributed by atoms with Gasteiger partial charge in [0.15, 0.2) is 0 Å². The molecule has 2 N–H and O–H groups in total. The number of rotatable bonds is 7. The Bertz CT molecular complexity index is 983. The summed E-state index contributed by atoms with van der Waals surface area (Å²) in [5, 5.41) is 21.9. The van der Waals surface area contributed by atoms with Crippen LogP contribution in [0.2, 0.25) is 0 Å². The number of aliphatic hydroxyl groups excluding tert-OH is 1. The maximum atomic E-state index is 13.8. The molecule has 2 aromatic heterocycles. The summed E-state index contributed by atoms with van der Waals surface area (Å²) in [5.41, 5.74) is 1.22. The monoisotopic (exact) mass is 455 g/mol. The van der Waals surface area contributed by atoms with E-state index in [9.17, 15) is 14.7 Å². The highest BCUT2D eigenvalue weighted by molar-refractivity contribution is 5.90. The van der Waals surface area contributed by atoms with E-state index in [4.69, 9.17) is 0 Å². The SMILES string of the molecule is CC(Cc1cnccn1)NC(=O)[C@@H]1C[C@@H](O)CN1C(=O)[C@@H](n1cc(C2CC2)nn1)C(C)(C)C. The van der Waals surface area contributed by atoms with Gasteiger partial charge in [0.2, 0.25) is 11.8 Å². The van der Waals surface area contributed by atoms with E-state index in [1.54, 1.807) is 23.3 Å². The molecule has 4 atom stereocenters. The first kappa shape index (κ1) is 23.3. The fourth-order valence-corrected chi connectivity index (χ4v) is 4.47. The Morgan fingerprint density at radius 1 is 1.27 bits per heavy atom. The average molecular weight is 456 g/mol. The summed E-state index contributed by atoms with van der Waals surface area (Å²) in [5.74, 6) is -0.0772. The number of carbonyl (C=O) groups excluding carboxylic acids is 2. The van der Waals surface area contributed by atoms with Crippen LogP contribution in [-0.2, 0) is 16.0 Å². The summed E-state index contributed by atoms with van der Waals surface area (Å²) >= 11 is 0. The van der Waals surface area contributed by atoms with Crippen molar-refractivity contribution in [3.63, 3.8) is 0 Å². The molecule has 2 aliphatic rings. The number of β-amino-alcohol motifs (C(OH)–C–C–N with tert-alkyl or cyclic N) is 1. The third-order valence-corrected chi connectivity index (χ3v) is 6.23. The van der Waals surface area contributed by atoms with Crippen LogP contribution in [0, 0.1) is 5.41 Å². The van der Waals surface area contributed by atoms with E-state index in [1.807, 2.05) is 33.9 Å². The van der Waals surface area contributed by atoms with E-state index in [0.29, 0.717) is 12.3 Å². The molecule has 178 valence electrons. The van der Waals surface area contributed by atoms with Crippen molar-refractivity contribution in [1.29, 1.82) is 0 Å². The summed E-state index contributed by atoms with van der Waals surface area (Å²) in [6.45, 7) is 7.92. The van der Waals surface area contributed by atoms with Gasteiger partial charge < -0.3 is 15.3 Å². The van der Waals surface area contributed by atoms with Crippen LogP contribution < -0.4 is 5.32 Å². The van der Waals surface area contributed by atoms with Crippen LogP contribution >= 0.6 is 0 Å². The Balaban J connectivity index is 1.49. The predicted molar refractivity (Wildman–Crippen MR) is 120 cm³/mol. The average Bonchev–Trinajstić information content (AvgIpc) is 3.35. The Labute approximate surface area is 193 Å². The Kier molecular flexibility index (Phi) is 6.47. The van der Waals surface area contributed by atoms with E-state index in [2.05, 4.69) is 25.6 Å². The lowest BCUT2D eigenvalue weighted by atomic mass is 9.85. The highest BCUT2D eigenvalue weighted by Gasteiger charge is 2.45. The minimum absolute atomic E-state index is 0.117. The van der Waals surface area contributed by atoms with Crippen LogP contribution in [0.4, 0.5) is 0 Å². The van der Waals surface area contributed by atoms with Crippen molar-refractivity contribution in [2.75, 3.05) is 6.54 Å². The number of likely N-dealkylation sites (tertiary alicyclic amines) is 1. The van der Waals surface area contributed by atoms with Crippen molar-refractivity contribution >= 4 is 11.8 Å². The Hall–Kier alpha value is -2.88. The van der Waals surface area contributed by atoms with Gasteiger partial charge in [0.05, 0.1) is 17.5 Å². The minimum Gasteiger partial charge on any atom is -0.391 e. The standard InChI is InChI=1S/C23H33N7O3/c1-14(9-16-11-24-7-8-25-16)26-21(32)19-10-17(31)12-29(19)22(33)20(23(2,3)4)30-13-18(27-28-30)15-5-6-15/h7-8,11,13-15,17,19-20,31H,5-6,9-10,12H2,1-4H3,(H,26,32)/t14?,17-,19+,20-/m1/s1. The van der Waals surface area contributed by atoms with Gasteiger partial charge in [-0.15, -0.1) is 5.10 Å². The van der Waals surface area contributed by atoms with Gasteiger partial charge >= 0.3 is 0 Å². The van der Waals surface area contributed by atoms with Gasteiger partial charge in [-0.2, -0.15) is 0 Å². The molecule has 33 heavy (non-hydrogen) atoms. The molecule has 10 heteroatoms. The zero-order chi connectivity index (χ0) is 23.8. The molecular weight excluding hydrogens is 422 g/mol. The van der Waals surface area contributed by atoms with Gasteiger partial charge in [0.1, 0.15) is 12.1 Å². The molecule has 3 heterocycles. The van der Waals surface area contributed by atoms with E-state index in [1.165, 1.54) is 4.90 Å². The second-order valence-corrected chi connectivity index (χ2v) is 10.4. The van der Waals surface area contributed by atoms with Gasteiger partial charge in [-0.05, 0) is 25.2 Å². The topological polar surface area (TPSA) is 126 Å². The molecule has 1 aliphatic carbocycles. The number of aliphatic hydroxyl groups is 1. The zero-order valence-corrected chi connectivity index (χ0v) is 19.7. The quantitative estimate of drug-likeness (QED) is 0.643. The number of hydrogen-bond acceptors (Lipinski definition) is 7. The van der Waals surface area contributed by atoms with Crippen molar-refractivity contribution in [3.8, 4) is 0 Å². The van der Waals surface area contributed by atoms with Crippen LogP contribution in [0.15, 0.2) is 24.8 Å². The molecule has 1 aliphatic heterocycles. The van der Waals surface area contributed by atoms with E-state index in [0.717, 1.165) is 24.2 Å². The smallest absolute Gasteiger partial charge is 0.248 e. The number of nitrogens with zero attached hydrogens (tertiary/aromatic N) is 6. The van der Waals surface area contributed by atoms with Crippen LogP contribution in [0.1, 0.15) is 70.3 Å². The molecule has 1 saturated carbocycles. The maximum absolute atomic E-state index is 13.8. The molecule has 0 radical (unpaired) electrons. The molecule has 1 unspecified atom stereocenters. The first-order chi connectivity index (χ1) is 15.6. The number of amides is 2. The Morgan fingerprint density at radius 3 is 2.67 bits per heavy atom. The predicted octanol–water partition coefficient (Wildman–Crippen LogP) is 1.24. The van der Waals surface area contributed by atoms with E-state index < -0.39 is 23.6 Å². The summed E-state index contributed by atoms with van der Waals surface area (Å²) in [6.07, 6.45) is 8.91. The van der Waals surface area contributed by atoms with Crippen molar-refractivity contribution in [1.82, 2.24) is 35.2 Å². The molecule has 10 nitrogen and oxygen atoms in total. The summed E-state index contributed by atoms with van der Waals surface area (Å²) in [7, 11) is 0. The summed E-state index contributed by atoms with van der Waals surface area (Å²) < 4.78 is 1.63. The third-order valence-electron chi connectivity index (χ3n) is 6.23. The van der Waals surface area contributed by atoms with Crippen LogP contribution in [0.25, 0.3) is 0 Å². The van der Waals surface area contributed by atoms with Gasteiger partial charge in [-0.1, -0.05) is 26.0 Å². The summed E-state index contributed by atoms with van der Waals surface area (Å²) in [6, 6.07) is -1.57. The normalized spacial score (nSPS) is 22.8. The molecule has 1 saturated heterocycles. The lowest BCUT2D eigenvalue weighted by molar-refractivity contribution is -0.144. The number of carbonyl (C=O) groups is 2. The first-order valence-electron chi connectivity index (χ1n) is 11.6. The third kappa shape index (κ3) is 5.38. The van der Waals surface area contributed by atoms with E-state index >= 15 is 0 Å². The number of aromatic nitrogens is 5. The van der Waals surface area contributed by atoms with E-state index in [-0.39, 0.29) is 30.8 Å². The van der Waals surface area contributed by atoms with Crippen LogP contribution in [-0.4, -0.2) is 71.5 Å². The lowest BCUT2D eigenvalue weighted by Gasteiger charge is -2.34. The lowest BCUT2D eigenvalue weighted by Crippen LogP contribution is -2.51. The second-order valence-electron chi connectivity index (χ2n) is 10.4. The molecule has 0 aromatic carbocycles. The number of hydrogen-bond donors (Lipinski definition) is 2. The fraction of sp³-hybridized carbons (Fsp3) is 0.652. The molecule has 2 aromatic rings. The maximum Gasteiger partial charge on any atom is 0.248 e. The highest BCUT2D eigenvalue weighted by atomic mass is 16.3. The molecule has 0 bridgehead atoms. The van der Waals surface area contributed by atoms with Gasteiger partial charge in [-0.3, -0.25) is 19.6 Å². The molecule has 4 rings (SSSR count). The fourth-order valence-electron chi connectivity index (χ4n) is 4.47. The second kappa shape index (κ2) is 9.17. The van der Waals surface area contributed by atoms with Crippen LogP contribution in [0.3, 0.4) is 0 Å². The highest BCUT2D eigenvalue weighted by Crippen LogP contribution is 2.40. The Morgan fingerprint density at radius 2 is 2.03 bits per heavy atom. The summed E-state index contributed by atoms with van der Waals surface area (Å²) in [4.78, 5) is 36.7. The zero-order valence-electron chi connectivity index (χ0n) is 19.7. The van der Waals surface area contributed by atoms with Crippen LogP contribution in [0.5, 0.6) is 0 Å². The molecule has 2 fully saturated rings. The van der Waals surface area contributed by atoms with Gasteiger partial charge in [0.25, 0.3) is 0 Å². The molecule has 0 spiro atoms. The molecular formula is C23H33N7O3. The van der Waals surface area contributed by atoms with Crippen molar-refractivity contribution in [2.24, 2.45) is 5.41 Å². The number of nitrogens with one attached hydrogen (secondary N) is 1. The van der Waals surface area contributed by atoms with Gasteiger partial charge in [-0.25, -0.2) is 4.68 Å². The first-order valence-corrected chi connectivity index (χ1v) is 11.6.